The summed E-state index contributed by atoms with van der Waals surface area (Å²) in [6.07, 6.45) is 0.259. The van der Waals surface area contributed by atoms with E-state index >= 15 is 0 Å². The Morgan fingerprint density at radius 3 is 2.14 bits per heavy atom. The third-order valence-corrected chi connectivity index (χ3v) is 6.30. The molecule has 0 saturated heterocycles. The van der Waals surface area contributed by atoms with Crippen LogP contribution in [0.25, 0.3) is 0 Å². The minimum Gasteiger partial charge on any atom is -0.494 e. The minimum absolute atomic E-state index is 0.103. The largest absolute Gasteiger partial charge is 0.494 e. The van der Waals surface area contributed by atoms with Gasteiger partial charge >= 0.3 is 0 Å². The molecule has 2 aromatic rings. The van der Waals surface area contributed by atoms with E-state index in [0.717, 1.165) is 5.75 Å². The van der Waals surface area contributed by atoms with Crippen molar-refractivity contribution in [2.45, 2.75) is 39.0 Å². The van der Waals surface area contributed by atoms with Crippen LogP contribution in [-0.2, 0) is 14.8 Å². The molecule has 0 radical (unpaired) electrons. The van der Waals surface area contributed by atoms with Crippen molar-refractivity contribution in [3.8, 4) is 17.2 Å². The van der Waals surface area contributed by atoms with Crippen molar-refractivity contribution in [1.82, 2.24) is 4.31 Å². The van der Waals surface area contributed by atoms with Crippen LogP contribution in [0.3, 0.4) is 0 Å². The highest BCUT2D eigenvalue weighted by molar-refractivity contribution is 7.89. The van der Waals surface area contributed by atoms with Crippen molar-refractivity contribution < 1.29 is 22.7 Å². The van der Waals surface area contributed by atoms with Crippen LogP contribution in [0.4, 0.5) is 5.69 Å². The van der Waals surface area contributed by atoms with E-state index in [1.807, 2.05) is 6.92 Å². The lowest BCUT2D eigenvalue weighted by atomic mass is 10.2. The molecular weight excluding hydrogens is 392 g/mol. The van der Waals surface area contributed by atoms with Gasteiger partial charge in [-0.05, 0) is 49.4 Å². The third kappa shape index (κ3) is 5.71. The minimum atomic E-state index is -3.66. The van der Waals surface area contributed by atoms with Crippen LogP contribution in [0, 0.1) is 0 Å². The lowest BCUT2D eigenvalue weighted by Crippen LogP contribution is -2.30. The van der Waals surface area contributed by atoms with Gasteiger partial charge in [-0.25, -0.2) is 8.42 Å². The number of ether oxygens (including phenoxy) is 2. The van der Waals surface area contributed by atoms with Gasteiger partial charge < -0.3 is 14.8 Å². The predicted molar refractivity (Wildman–Crippen MR) is 113 cm³/mol. The molecule has 0 fully saturated rings. The molecule has 158 valence electrons. The standard InChI is InChI=1S/C21H28N2O5S/c1-5-21(24)22-19-15-18(29(25,26)23(6-2)7-3)13-14-20(19)28-17-11-9-16(10-12-17)27-8-4/h9-15H,5-8H2,1-4H3,(H,22,24). The molecule has 0 unspecified atom stereocenters. The fourth-order valence-electron chi connectivity index (χ4n) is 2.70. The van der Waals surface area contributed by atoms with Crippen LogP contribution < -0.4 is 14.8 Å². The molecule has 7 nitrogen and oxygen atoms in total. The second-order valence-corrected chi connectivity index (χ2v) is 8.09. The maximum Gasteiger partial charge on any atom is 0.243 e. The number of amides is 1. The van der Waals surface area contributed by atoms with Crippen molar-refractivity contribution >= 4 is 21.6 Å². The Bertz CT molecular complexity index is 923. The normalized spacial score (nSPS) is 11.3. The van der Waals surface area contributed by atoms with Crippen LogP contribution in [-0.4, -0.2) is 38.3 Å². The monoisotopic (exact) mass is 420 g/mol. The van der Waals surface area contributed by atoms with Gasteiger partial charge in [0.2, 0.25) is 15.9 Å². The molecule has 2 aromatic carbocycles. The van der Waals surface area contributed by atoms with Gasteiger partial charge in [-0.2, -0.15) is 4.31 Å². The summed E-state index contributed by atoms with van der Waals surface area (Å²) in [5.41, 5.74) is 0.305. The summed E-state index contributed by atoms with van der Waals surface area (Å²) in [7, 11) is -3.66. The SMILES string of the molecule is CCOc1ccc(Oc2ccc(S(=O)(=O)N(CC)CC)cc2NC(=O)CC)cc1. The summed E-state index contributed by atoms with van der Waals surface area (Å²) in [4.78, 5) is 12.1. The molecule has 0 bridgehead atoms. The van der Waals surface area contributed by atoms with Crippen LogP contribution in [0.1, 0.15) is 34.1 Å². The highest BCUT2D eigenvalue weighted by atomic mass is 32.2. The zero-order valence-electron chi connectivity index (χ0n) is 17.3. The molecule has 8 heteroatoms. The zero-order chi connectivity index (χ0) is 21.4. The van der Waals surface area contributed by atoms with Gasteiger partial charge in [-0.1, -0.05) is 20.8 Å². The van der Waals surface area contributed by atoms with Gasteiger partial charge in [-0.15, -0.1) is 0 Å². The molecule has 29 heavy (non-hydrogen) atoms. The number of nitrogens with zero attached hydrogens (tertiary/aromatic N) is 1. The third-order valence-electron chi connectivity index (χ3n) is 4.25. The van der Waals surface area contributed by atoms with Crippen LogP contribution in [0.5, 0.6) is 17.2 Å². The summed E-state index contributed by atoms with van der Waals surface area (Å²) < 4.78 is 38.3. The van der Waals surface area contributed by atoms with Gasteiger partial charge in [0.05, 0.1) is 17.2 Å². The Balaban J connectivity index is 2.39. The maximum absolute atomic E-state index is 12.8. The van der Waals surface area contributed by atoms with Crippen molar-refractivity contribution in [3.63, 3.8) is 0 Å². The van der Waals surface area contributed by atoms with Crippen molar-refractivity contribution in [1.29, 1.82) is 0 Å². The van der Waals surface area contributed by atoms with E-state index in [2.05, 4.69) is 5.32 Å². The van der Waals surface area contributed by atoms with E-state index in [-0.39, 0.29) is 17.2 Å². The molecule has 0 heterocycles. The molecule has 1 N–H and O–H groups in total. The first-order chi connectivity index (χ1) is 13.8. The lowest BCUT2D eigenvalue weighted by molar-refractivity contribution is -0.115. The Kier molecular flexibility index (Phi) is 8.04. The first kappa shape index (κ1) is 22.7. The van der Waals surface area contributed by atoms with Gasteiger partial charge in [0.15, 0.2) is 5.75 Å². The molecular formula is C21H28N2O5S. The van der Waals surface area contributed by atoms with E-state index in [0.29, 0.717) is 36.9 Å². The zero-order valence-corrected chi connectivity index (χ0v) is 18.1. The maximum atomic E-state index is 12.8. The fourth-order valence-corrected chi connectivity index (χ4v) is 4.19. The highest BCUT2D eigenvalue weighted by Crippen LogP contribution is 2.33. The Morgan fingerprint density at radius 1 is 0.966 bits per heavy atom. The summed E-state index contributed by atoms with van der Waals surface area (Å²) in [5.74, 6) is 1.38. The van der Waals surface area contributed by atoms with E-state index in [1.54, 1.807) is 51.1 Å². The van der Waals surface area contributed by atoms with E-state index < -0.39 is 10.0 Å². The molecule has 0 aliphatic rings. The van der Waals surface area contributed by atoms with Crippen LogP contribution in [0.2, 0.25) is 0 Å². The van der Waals surface area contributed by atoms with Crippen molar-refractivity contribution in [3.05, 3.63) is 42.5 Å². The molecule has 2 rings (SSSR count). The van der Waals surface area contributed by atoms with Gasteiger partial charge in [0.1, 0.15) is 11.5 Å². The second kappa shape index (κ2) is 10.3. The highest BCUT2D eigenvalue weighted by Gasteiger charge is 2.23. The number of hydrogen-bond acceptors (Lipinski definition) is 5. The molecule has 0 aromatic heterocycles. The predicted octanol–water partition coefficient (Wildman–Crippen LogP) is 4.26. The molecule has 0 aliphatic heterocycles. The van der Waals surface area contributed by atoms with Gasteiger partial charge in [0.25, 0.3) is 0 Å². The molecule has 1 amide bonds. The van der Waals surface area contributed by atoms with Gasteiger partial charge in [-0.3, -0.25) is 4.79 Å². The lowest BCUT2D eigenvalue weighted by Gasteiger charge is -2.20. The first-order valence-corrected chi connectivity index (χ1v) is 11.1. The summed E-state index contributed by atoms with van der Waals surface area (Å²) >= 11 is 0. The molecule has 0 aliphatic carbocycles. The first-order valence-electron chi connectivity index (χ1n) is 9.70. The number of rotatable bonds is 10. The van der Waals surface area contributed by atoms with E-state index in [9.17, 15) is 13.2 Å². The number of carbonyl (C=O) groups is 1. The average Bonchev–Trinajstić information content (AvgIpc) is 2.71. The summed E-state index contributed by atoms with van der Waals surface area (Å²) in [6.45, 7) is 8.48. The number of sulfonamides is 1. The fraction of sp³-hybridized carbons (Fsp3) is 0.381. The quantitative estimate of drug-likeness (QED) is 0.621. The Hall–Kier alpha value is -2.58. The van der Waals surface area contributed by atoms with E-state index in [4.69, 9.17) is 9.47 Å². The molecule has 0 spiro atoms. The Labute approximate surface area is 172 Å². The average molecular weight is 421 g/mol. The smallest absolute Gasteiger partial charge is 0.243 e. The Morgan fingerprint density at radius 2 is 1.59 bits per heavy atom. The van der Waals surface area contributed by atoms with Crippen molar-refractivity contribution in [2.75, 3.05) is 25.0 Å². The second-order valence-electron chi connectivity index (χ2n) is 6.16. The number of benzene rings is 2. The number of anilines is 1. The molecule has 0 saturated carbocycles. The summed E-state index contributed by atoms with van der Waals surface area (Å²) in [5, 5.41) is 2.73. The molecule has 0 atom stereocenters. The van der Waals surface area contributed by atoms with Crippen LogP contribution >= 0.6 is 0 Å². The number of hydrogen-bond donors (Lipinski definition) is 1. The summed E-state index contributed by atoms with van der Waals surface area (Å²) in [6, 6.07) is 11.5. The number of carbonyl (C=O) groups excluding carboxylic acids is 1. The van der Waals surface area contributed by atoms with E-state index in [1.165, 1.54) is 16.4 Å². The van der Waals surface area contributed by atoms with Crippen LogP contribution in [0.15, 0.2) is 47.4 Å². The number of nitrogens with one attached hydrogen (secondary N) is 1. The van der Waals surface area contributed by atoms with Gasteiger partial charge in [0, 0.05) is 19.5 Å². The van der Waals surface area contributed by atoms with Crippen molar-refractivity contribution in [2.24, 2.45) is 0 Å². The topological polar surface area (TPSA) is 84.9 Å².